The monoisotopic (exact) mass is 340 g/mol. The van der Waals surface area contributed by atoms with Gasteiger partial charge in [0, 0.05) is 31.7 Å². The van der Waals surface area contributed by atoms with Gasteiger partial charge < -0.3 is 15.3 Å². The summed E-state index contributed by atoms with van der Waals surface area (Å²) in [4.78, 5) is 25.0. The first-order chi connectivity index (χ1) is 12.0. The minimum Gasteiger partial charge on any atom is -0.478 e. The van der Waals surface area contributed by atoms with Crippen LogP contribution in [0.25, 0.3) is 0 Å². The van der Waals surface area contributed by atoms with Crippen molar-refractivity contribution in [3.8, 4) is 0 Å². The number of amides is 1. The van der Waals surface area contributed by atoms with Gasteiger partial charge in [-0.05, 0) is 49.2 Å². The Bertz CT molecular complexity index is 722. The summed E-state index contributed by atoms with van der Waals surface area (Å²) in [6, 6.07) is 14.5. The van der Waals surface area contributed by atoms with Crippen LogP contribution in [0.4, 0.5) is 0 Å². The maximum absolute atomic E-state index is 12.3. The number of rotatable bonds is 8. The van der Waals surface area contributed by atoms with Gasteiger partial charge in [0.2, 0.25) is 0 Å². The maximum Gasteiger partial charge on any atom is 0.335 e. The van der Waals surface area contributed by atoms with E-state index in [-0.39, 0.29) is 5.91 Å². The lowest BCUT2D eigenvalue weighted by molar-refractivity contribution is 0.0695. The first kappa shape index (κ1) is 18.7. The fraction of sp³-hybridized carbons (Fsp3) is 0.300. The van der Waals surface area contributed by atoms with Crippen LogP contribution in [-0.4, -0.2) is 35.0 Å². The maximum atomic E-state index is 12.3. The highest BCUT2D eigenvalue weighted by molar-refractivity contribution is 5.94. The van der Waals surface area contributed by atoms with Crippen LogP contribution in [0.15, 0.2) is 48.5 Å². The number of nitrogens with one attached hydrogen (secondary N) is 1. The predicted octanol–water partition coefficient (Wildman–Crippen LogP) is 3.16. The molecule has 0 saturated heterocycles. The molecule has 2 rings (SSSR count). The summed E-state index contributed by atoms with van der Waals surface area (Å²) < 4.78 is 0. The molecule has 1 amide bonds. The summed E-state index contributed by atoms with van der Waals surface area (Å²) in [5, 5.41) is 12.3. The molecule has 0 unspecified atom stereocenters. The lowest BCUT2D eigenvalue weighted by atomic mass is 10.1. The molecule has 0 aliphatic carbocycles. The fourth-order valence-electron chi connectivity index (χ4n) is 2.62. The Morgan fingerprint density at radius 2 is 1.56 bits per heavy atom. The third-order valence-electron chi connectivity index (χ3n) is 4.08. The van der Waals surface area contributed by atoms with Crippen LogP contribution < -0.4 is 5.32 Å². The zero-order chi connectivity index (χ0) is 18.2. The summed E-state index contributed by atoms with van der Waals surface area (Å²) in [5.74, 6) is -0.870. The van der Waals surface area contributed by atoms with Gasteiger partial charge in [0.25, 0.3) is 5.91 Å². The van der Waals surface area contributed by atoms with Gasteiger partial charge in [-0.2, -0.15) is 0 Å². The summed E-state index contributed by atoms with van der Waals surface area (Å²) >= 11 is 0. The van der Waals surface area contributed by atoms with Crippen molar-refractivity contribution in [1.82, 2.24) is 10.2 Å². The van der Waals surface area contributed by atoms with Crippen LogP contribution in [0.1, 0.15) is 45.7 Å². The van der Waals surface area contributed by atoms with E-state index < -0.39 is 5.97 Å². The summed E-state index contributed by atoms with van der Waals surface area (Å²) in [7, 11) is 0. The number of carbonyl (C=O) groups excluding carboxylic acids is 1. The second-order valence-electron chi connectivity index (χ2n) is 5.78. The summed E-state index contributed by atoms with van der Waals surface area (Å²) in [6.45, 7) is 6.58. The number of hydrogen-bond acceptors (Lipinski definition) is 3. The Hall–Kier alpha value is -2.66. The molecule has 2 aromatic rings. The van der Waals surface area contributed by atoms with E-state index in [1.54, 1.807) is 23.1 Å². The van der Waals surface area contributed by atoms with Crippen molar-refractivity contribution in [3.63, 3.8) is 0 Å². The van der Waals surface area contributed by atoms with Crippen LogP contribution >= 0.6 is 0 Å². The number of carboxylic acids is 1. The first-order valence-electron chi connectivity index (χ1n) is 8.46. The SMILES string of the molecule is CCN(CC)C(=O)c1ccc(CNCc2cccc(C(=O)O)c2)cc1. The second-order valence-corrected chi connectivity index (χ2v) is 5.78. The van der Waals surface area contributed by atoms with Crippen LogP contribution in [-0.2, 0) is 13.1 Å². The average Bonchev–Trinajstić information content (AvgIpc) is 2.63. The van der Waals surface area contributed by atoms with Gasteiger partial charge in [-0.3, -0.25) is 4.79 Å². The molecule has 0 atom stereocenters. The Morgan fingerprint density at radius 3 is 2.16 bits per heavy atom. The molecule has 5 nitrogen and oxygen atoms in total. The van der Waals surface area contributed by atoms with Gasteiger partial charge in [-0.25, -0.2) is 4.79 Å². The van der Waals surface area contributed by atoms with Gasteiger partial charge >= 0.3 is 5.97 Å². The van der Waals surface area contributed by atoms with Gasteiger partial charge in [0.05, 0.1) is 5.56 Å². The lowest BCUT2D eigenvalue weighted by Gasteiger charge is -2.18. The molecule has 0 aromatic heterocycles. The van der Waals surface area contributed by atoms with Crippen molar-refractivity contribution in [2.24, 2.45) is 0 Å². The Kier molecular flexibility index (Phi) is 6.71. The number of carbonyl (C=O) groups is 2. The molecular weight excluding hydrogens is 316 g/mol. The minimum atomic E-state index is -0.921. The van der Waals surface area contributed by atoms with Crippen molar-refractivity contribution >= 4 is 11.9 Å². The Balaban J connectivity index is 1.90. The van der Waals surface area contributed by atoms with E-state index >= 15 is 0 Å². The minimum absolute atomic E-state index is 0.0509. The van der Waals surface area contributed by atoms with Crippen molar-refractivity contribution in [2.45, 2.75) is 26.9 Å². The van der Waals surface area contributed by atoms with E-state index in [0.29, 0.717) is 37.3 Å². The number of aromatic carboxylic acids is 1. The van der Waals surface area contributed by atoms with Crippen LogP contribution in [0, 0.1) is 0 Å². The standard InChI is InChI=1S/C20H24N2O3/c1-3-22(4-2)19(23)17-10-8-15(9-11-17)13-21-14-16-6-5-7-18(12-16)20(24)25/h5-12,21H,3-4,13-14H2,1-2H3,(H,24,25). The quantitative estimate of drug-likeness (QED) is 0.774. The molecule has 5 heteroatoms. The molecule has 0 aliphatic heterocycles. The van der Waals surface area contributed by atoms with Gasteiger partial charge in [-0.15, -0.1) is 0 Å². The van der Waals surface area contributed by atoms with Crippen LogP contribution in [0.2, 0.25) is 0 Å². The summed E-state index contributed by atoms with van der Waals surface area (Å²) in [6.07, 6.45) is 0. The topological polar surface area (TPSA) is 69.6 Å². The molecular formula is C20H24N2O3. The number of nitrogens with zero attached hydrogens (tertiary/aromatic N) is 1. The van der Waals surface area contributed by atoms with E-state index in [4.69, 9.17) is 5.11 Å². The van der Waals surface area contributed by atoms with E-state index in [0.717, 1.165) is 11.1 Å². The molecule has 2 N–H and O–H groups in total. The summed E-state index contributed by atoms with van der Waals surface area (Å²) in [5.41, 5.74) is 2.99. The highest BCUT2D eigenvalue weighted by Crippen LogP contribution is 2.09. The fourth-order valence-corrected chi connectivity index (χ4v) is 2.62. The van der Waals surface area contributed by atoms with E-state index in [9.17, 15) is 9.59 Å². The normalized spacial score (nSPS) is 10.5. The predicted molar refractivity (Wildman–Crippen MR) is 97.6 cm³/mol. The van der Waals surface area contributed by atoms with Gasteiger partial charge in [0.1, 0.15) is 0 Å². The second kappa shape index (κ2) is 8.99. The molecule has 0 saturated carbocycles. The molecule has 0 heterocycles. The van der Waals surface area contributed by atoms with Crippen LogP contribution in [0.3, 0.4) is 0 Å². The van der Waals surface area contributed by atoms with E-state index in [2.05, 4.69) is 5.32 Å². The number of carboxylic acid groups (broad SMARTS) is 1. The van der Waals surface area contributed by atoms with Crippen molar-refractivity contribution in [1.29, 1.82) is 0 Å². The third kappa shape index (κ3) is 5.16. The van der Waals surface area contributed by atoms with Crippen molar-refractivity contribution in [2.75, 3.05) is 13.1 Å². The Morgan fingerprint density at radius 1 is 0.920 bits per heavy atom. The molecule has 0 fully saturated rings. The van der Waals surface area contributed by atoms with Gasteiger partial charge in [0.15, 0.2) is 0 Å². The van der Waals surface area contributed by atoms with Crippen LogP contribution in [0.5, 0.6) is 0 Å². The third-order valence-corrected chi connectivity index (χ3v) is 4.08. The smallest absolute Gasteiger partial charge is 0.335 e. The first-order valence-corrected chi connectivity index (χ1v) is 8.46. The zero-order valence-electron chi connectivity index (χ0n) is 14.7. The van der Waals surface area contributed by atoms with Gasteiger partial charge in [-0.1, -0.05) is 24.3 Å². The Labute approximate surface area is 148 Å². The zero-order valence-corrected chi connectivity index (χ0v) is 14.7. The largest absolute Gasteiger partial charge is 0.478 e. The highest BCUT2D eigenvalue weighted by atomic mass is 16.4. The van der Waals surface area contributed by atoms with E-state index in [1.807, 2.05) is 44.2 Å². The molecule has 0 bridgehead atoms. The lowest BCUT2D eigenvalue weighted by Crippen LogP contribution is -2.30. The highest BCUT2D eigenvalue weighted by Gasteiger charge is 2.11. The molecule has 0 radical (unpaired) electrons. The van der Waals surface area contributed by atoms with Crippen molar-refractivity contribution in [3.05, 3.63) is 70.8 Å². The van der Waals surface area contributed by atoms with E-state index in [1.165, 1.54) is 0 Å². The average molecular weight is 340 g/mol. The molecule has 0 aliphatic rings. The molecule has 132 valence electrons. The molecule has 2 aromatic carbocycles. The molecule has 25 heavy (non-hydrogen) atoms. The molecule has 0 spiro atoms. The number of benzene rings is 2. The number of hydrogen-bond donors (Lipinski definition) is 2. The van der Waals surface area contributed by atoms with Crippen molar-refractivity contribution < 1.29 is 14.7 Å².